The molecule has 0 aliphatic carbocycles. The molecule has 0 spiro atoms. The molecule has 3 heterocycles. The second-order valence-electron chi connectivity index (χ2n) is 10.0. The zero-order valence-corrected chi connectivity index (χ0v) is 21.2. The van der Waals surface area contributed by atoms with Crippen LogP contribution in [0.25, 0.3) is 0 Å². The van der Waals surface area contributed by atoms with E-state index in [1.54, 1.807) is 23.7 Å². The van der Waals surface area contributed by atoms with Crippen LogP contribution in [0.4, 0.5) is 0 Å². The molecule has 0 unspecified atom stereocenters. The van der Waals surface area contributed by atoms with Crippen LogP contribution in [0.3, 0.4) is 0 Å². The SMILES string of the molecule is CC[C@H](NC)C(=O)N[C@H]1CCS[C@H]2CC(C)(C)[C@@H](C(=O)N[C@@H]3CCOc4ccccc43)N2C1=O. The molecular weight excluding hydrogens is 452 g/mol. The van der Waals surface area contributed by atoms with Crippen LogP contribution in [0, 0.1) is 5.41 Å². The Morgan fingerprint density at radius 3 is 2.71 bits per heavy atom. The van der Waals surface area contributed by atoms with Crippen LogP contribution in [0.15, 0.2) is 24.3 Å². The van der Waals surface area contributed by atoms with E-state index in [9.17, 15) is 14.4 Å². The molecule has 5 atom stereocenters. The molecule has 0 saturated carbocycles. The molecule has 2 saturated heterocycles. The summed E-state index contributed by atoms with van der Waals surface area (Å²) in [5.41, 5.74) is 0.583. The normalized spacial score (nSPS) is 28.7. The summed E-state index contributed by atoms with van der Waals surface area (Å²) in [6, 6.07) is 6.04. The number of ether oxygens (including phenoxy) is 1. The molecule has 3 aliphatic heterocycles. The summed E-state index contributed by atoms with van der Waals surface area (Å²) in [6.45, 7) is 6.58. The number of nitrogens with one attached hydrogen (secondary N) is 3. The van der Waals surface area contributed by atoms with Crippen molar-refractivity contribution in [3.63, 3.8) is 0 Å². The predicted molar refractivity (Wildman–Crippen MR) is 132 cm³/mol. The molecule has 8 nitrogen and oxygen atoms in total. The van der Waals surface area contributed by atoms with Crippen molar-refractivity contribution < 1.29 is 19.1 Å². The van der Waals surface area contributed by atoms with E-state index in [1.807, 2.05) is 31.2 Å². The van der Waals surface area contributed by atoms with Gasteiger partial charge in [0.15, 0.2) is 0 Å². The third-order valence-electron chi connectivity index (χ3n) is 7.21. The van der Waals surface area contributed by atoms with Crippen LogP contribution in [0.5, 0.6) is 5.75 Å². The number of hydrogen-bond acceptors (Lipinski definition) is 6. The van der Waals surface area contributed by atoms with Crippen molar-refractivity contribution in [1.29, 1.82) is 0 Å². The number of para-hydroxylation sites is 1. The molecule has 9 heteroatoms. The van der Waals surface area contributed by atoms with E-state index in [0.29, 0.717) is 25.9 Å². The molecule has 1 aromatic carbocycles. The second kappa shape index (κ2) is 10.2. The van der Waals surface area contributed by atoms with Crippen LogP contribution >= 0.6 is 11.8 Å². The summed E-state index contributed by atoms with van der Waals surface area (Å²) in [7, 11) is 1.74. The van der Waals surface area contributed by atoms with Crippen molar-refractivity contribution in [2.45, 2.75) is 76.0 Å². The standard InChI is InChI=1S/C25H36N4O4S/c1-5-16(26-4)22(30)28-18-11-13-34-20-14-25(2,3)21(29(20)24(18)32)23(31)27-17-10-12-33-19-9-7-6-8-15(17)19/h6-9,16-18,20-21,26H,5,10-14H2,1-4H3,(H,27,31)(H,28,30)/t16-,17+,18-,20-,21+/m0/s1. The fraction of sp³-hybridized carbons (Fsp3) is 0.640. The largest absolute Gasteiger partial charge is 0.493 e. The smallest absolute Gasteiger partial charge is 0.246 e. The first kappa shape index (κ1) is 24.9. The molecular formula is C25H36N4O4S. The van der Waals surface area contributed by atoms with Crippen molar-refractivity contribution >= 4 is 29.5 Å². The Morgan fingerprint density at radius 1 is 1.21 bits per heavy atom. The fourth-order valence-electron chi connectivity index (χ4n) is 5.39. The highest BCUT2D eigenvalue weighted by Gasteiger charge is 2.54. The minimum absolute atomic E-state index is 0.0756. The first-order chi connectivity index (χ1) is 16.3. The molecule has 3 N–H and O–H groups in total. The zero-order valence-electron chi connectivity index (χ0n) is 20.4. The lowest BCUT2D eigenvalue weighted by atomic mass is 9.83. The summed E-state index contributed by atoms with van der Waals surface area (Å²) in [5.74, 6) is 1.07. The van der Waals surface area contributed by atoms with Gasteiger partial charge in [0.1, 0.15) is 17.8 Å². The van der Waals surface area contributed by atoms with Gasteiger partial charge in [0.25, 0.3) is 0 Å². The van der Waals surface area contributed by atoms with E-state index < -0.39 is 12.1 Å². The first-order valence-electron chi connectivity index (χ1n) is 12.2. The number of nitrogens with zero attached hydrogens (tertiary/aromatic N) is 1. The Morgan fingerprint density at radius 2 is 1.97 bits per heavy atom. The van der Waals surface area contributed by atoms with Crippen LogP contribution in [-0.4, -0.2) is 65.5 Å². The number of carbonyl (C=O) groups excluding carboxylic acids is 3. The van der Waals surface area contributed by atoms with Crippen LogP contribution in [0.2, 0.25) is 0 Å². The van der Waals surface area contributed by atoms with Crippen molar-refractivity contribution in [3.05, 3.63) is 29.8 Å². The fourth-order valence-corrected chi connectivity index (χ4v) is 6.96. The van der Waals surface area contributed by atoms with E-state index >= 15 is 0 Å². The predicted octanol–water partition coefficient (Wildman–Crippen LogP) is 2.20. The van der Waals surface area contributed by atoms with Crippen LogP contribution in [-0.2, 0) is 14.4 Å². The zero-order chi connectivity index (χ0) is 24.5. The van der Waals surface area contributed by atoms with Crippen LogP contribution in [0.1, 0.15) is 58.1 Å². The minimum atomic E-state index is -0.625. The van der Waals surface area contributed by atoms with E-state index in [2.05, 4.69) is 29.8 Å². The first-order valence-corrected chi connectivity index (χ1v) is 13.2. The van der Waals surface area contributed by atoms with Gasteiger partial charge in [-0.05, 0) is 43.5 Å². The number of fused-ring (bicyclic) bond motifs is 2. The lowest BCUT2D eigenvalue weighted by Crippen LogP contribution is -2.58. The molecule has 0 bridgehead atoms. The summed E-state index contributed by atoms with van der Waals surface area (Å²) in [5, 5.41) is 9.09. The highest BCUT2D eigenvalue weighted by Crippen LogP contribution is 2.46. The number of carbonyl (C=O) groups is 3. The van der Waals surface area contributed by atoms with Crippen molar-refractivity contribution in [1.82, 2.24) is 20.9 Å². The summed E-state index contributed by atoms with van der Waals surface area (Å²) in [4.78, 5) is 41.9. The van der Waals surface area contributed by atoms with Gasteiger partial charge in [-0.25, -0.2) is 0 Å². The number of hydrogen-bond donors (Lipinski definition) is 3. The Hall–Kier alpha value is -2.26. The van der Waals surface area contributed by atoms with Crippen molar-refractivity contribution in [3.8, 4) is 5.75 Å². The van der Waals surface area contributed by atoms with Gasteiger partial charge in [0.2, 0.25) is 17.7 Å². The maximum atomic E-state index is 13.7. The van der Waals surface area contributed by atoms with Gasteiger partial charge < -0.3 is 25.6 Å². The lowest BCUT2D eigenvalue weighted by molar-refractivity contribution is -0.144. The Bertz CT molecular complexity index is 935. The van der Waals surface area contributed by atoms with E-state index in [4.69, 9.17) is 4.74 Å². The highest BCUT2D eigenvalue weighted by atomic mass is 32.2. The molecule has 3 aliphatic rings. The Labute approximate surface area is 205 Å². The van der Waals surface area contributed by atoms with Gasteiger partial charge in [0.05, 0.1) is 24.1 Å². The quantitative estimate of drug-likeness (QED) is 0.568. The van der Waals surface area contributed by atoms with E-state index in [-0.39, 0.29) is 40.6 Å². The minimum Gasteiger partial charge on any atom is -0.493 e. The van der Waals surface area contributed by atoms with Gasteiger partial charge in [0, 0.05) is 12.0 Å². The van der Waals surface area contributed by atoms with Gasteiger partial charge in [-0.15, -0.1) is 11.8 Å². The molecule has 186 valence electrons. The number of rotatable bonds is 6. The van der Waals surface area contributed by atoms with Gasteiger partial charge in [-0.3, -0.25) is 14.4 Å². The molecule has 0 radical (unpaired) electrons. The highest BCUT2D eigenvalue weighted by molar-refractivity contribution is 7.99. The molecule has 3 amide bonds. The van der Waals surface area contributed by atoms with Gasteiger partial charge >= 0.3 is 0 Å². The third kappa shape index (κ3) is 4.77. The average molecular weight is 489 g/mol. The number of likely N-dealkylation sites (N-methyl/N-ethyl adjacent to an activating group) is 1. The molecule has 1 aromatic rings. The number of amides is 3. The molecule has 4 rings (SSSR count). The van der Waals surface area contributed by atoms with Gasteiger partial charge in [-0.2, -0.15) is 0 Å². The van der Waals surface area contributed by atoms with Crippen molar-refractivity contribution in [2.24, 2.45) is 5.41 Å². The summed E-state index contributed by atoms with van der Waals surface area (Å²) >= 11 is 1.71. The maximum Gasteiger partial charge on any atom is 0.246 e. The monoisotopic (exact) mass is 488 g/mol. The third-order valence-corrected chi connectivity index (χ3v) is 8.46. The summed E-state index contributed by atoms with van der Waals surface area (Å²) < 4.78 is 5.75. The average Bonchev–Trinajstić information content (AvgIpc) is 3.00. The Kier molecular flexibility index (Phi) is 7.42. The van der Waals surface area contributed by atoms with Crippen molar-refractivity contribution in [2.75, 3.05) is 19.4 Å². The van der Waals surface area contributed by atoms with Gasteiger partial charge in [-0.1, -0.05) is 39.0 Å². The number of thioether (sulfide) groups is 1. The molecule has 34 heavy (non-hydrogen) atoms. The van der Waals surface area contributed by atoms with E-state index in [1.165, 1.54) is 0 Å². The lowest BCUT2D eigenvalue weighted by Gasteiger charge is -2.36. The number of benzene rings is 1. The second-order valence-corrected chi connectivity index (χ2v) is 11.3. The van der Waals surface area contributed by atoms with E-state index in [0.717, 1.165) is 23.5 Å². The molecule has 0 aromatic heterocycles. The Balaban J connectivity index is 1.55. The summed E-state index contributed by atoms with van der Waals surface area (Å²) in [6.07, 6.45) is 2.61. The topological polar surface area (TPSA) is 99.8 Å². The van der Waals surface area contributed by atoms with Crippen LogP contribution < -0.4 is 20.7 Å². The molecule has 2 fully saturated rings. The maximum absolute atomic E-state index is 13.7.